The van der Waals surface area contributed by atoms with Gasteiger partial charge in [-0.2, -0.15) is 0 Å². The summed E-state index contributed by atoms with van der Waals surface area (Å²) in [7, 11) is 0. The van der Waals surface area contributed by atoms with E-state index in [1.165, 1.54) is 0 Å². The zero-order valence-electron chi connectivity index (χ0n) is 18.4. The van der Waals surface area contributed by atoms with Gasteiger partial charge in [-0.25, -0.2) is 0 Å². The number of rotatable bonds is 6. The van der Waals surface area contributed by atoms with Crippen molar-refractivity contribution in [2.75, 3.05) is 31.6 Å². The van der Waals surface area contributed by atoms with E-state index in [1.807, 2.05) is 0 Å². The molecule has 2 heterocycles. The average molecular weight is 470 g/mol. The maximum absolute atomic E-state index is 13.0. The molecule has 2 aromatic rings. The smallest absolute Gasteiger partial charge is 0.253 e. The van der Waals surface area contributed by atoms with Crippen LogP contribution in [0, 0.1) is 5.92 Å². The lowest BCUT2D eigenvalue weighted by Gasteiger charge is -2.32. The summed E-state index contributed by atoms with van der Waals surface area (Å²) < 4.78 is 5.56. The van der Waals surface area contributed by atoms with Crippen molar-refractivity contribution in [1.29, 1.82) is 0 Å². The number of hydrogen-bond acceptors (Lipinski definition) is 4. The van der Waals surface area contributed by atoms with E-state index in [2.05, 4.69) is 10.6 Å². The normalized spacial score (nSPS) is 20.3. The quantitative estimate of drug-likeness (QED) is 0.674. The molecule has 2 N–H and O–H groups in total. The Kier molecular flexibility index (Phi) is 7.62. The van der Waals surface area contributed by atoms with Crippen molar-refractivity contribution in [3.63, 3.8) is 0 Å². The zero-order valence-corrected chi connectivity index (χ0v) is 19.1. The summed E-state index contributed by atoms with van der Waals surface area (Å²) in [5.74, 6) is -0.899. The second kappa shape index (κ2) is 10.8. The summed E-state index contributed by atoms with van der Waals surface area (Å²) in [5, 5.41) is 6.38. The number of amides is 3. The molecule has 33 heavy (non-hydrogen) atoms. The highest BCUT2D eigenvalue weighted by atomic mass is 35.5. The SMILES string of the molecule is O=C(NCC1CCCO1)c1ccccc1NC(=O)C1CCCN(C(=O)c2ccc(Cl)cc2)C1. The molecule has 2 aliphatic heterocycles. The average Bonchev–Trinajstić information content (AvgIpc) is 3.37. The van der Waals surface area contributed by atoms with Crippen molar-refractivity contribution in [3.05, 3.63) is 64.7 Å². The van der Waals surface area contributed by atoms with Gasteiger partial charge in [-0.3, -0.25) is 14.4 Å². The van der Waals surface area contributed by atoms with Crippen LogP contribution in [-0.4, -0.2) is 55.0 Å². The lowest BCUT2D eigenvalue weighted by molar-refractivity contribution is -0.121. The molecule has 2 fully saturated rings. The Morgan fingerprint density at radius 2 is 1.82 bits per heavy atom. The van der Waals surface area contributed by atoms with E-state index in [1.54, 1.807) is 53.4 Å². The highest BCUT2D eigenvalue weighted by Crippen LogP contribution is 2.23. The third-order valence-corrected chi connectivity index (χ3v) is 6.37. The summed E-state index contributed by atoms with van der Waals surface area (Å²) in [6, 6.07) is 13.7. The largest absolute Gasteiger partial charge is 0.376 e. The molecular formula is C25H28ClN3O4. The molecule has 7 nitrogen and oxygen atoms in total. The molecule has 0 aromatic heterocycles. The third kappa shape index (κ3) is 5.92. The maximum Gasteiger partial charge on any atom is 0.253 e. The summed E-state index contributed by atoms with van der Waals surface area (Å²) in [6.45, 7) is 2.12. The van der Waals surface area contributed by atoms with Gasteiger partial charge in [0.2, 0.25) is 5.91 Å². The van der Waals surface area contributed by atoms with E-state index in [4.69, 9.17) is 16.3 Å². The van der Waals surface area contributed by atoms with Crippen LogP contribution in [0.4, 0.5) is 5.69 Å². The van der Waals surface area contributed by atoms with Crippen LogP contribution in [0.1, 0.15) is 46.4 Å². The molecule has 0 aliphatic carbocycles. The number of likely N-dealkylation sites (tertiary alicyclic amines) is 1. The minimum absolute atomic E-state index is 0.0436. The maximum atomic E-state index is 13.0. The van der Waals surface area contributed by atoms with Crippen LogP contribution in [0.25, 0.3) is 0 Å². The van der Waals surface area contributed by atoms with E-state index >= 15 is 0 Å². The van der Waals surface area contributed by atoms with Crippen molar-refractivity contribution < 1.29 is 19.1 Å². The molecular weight excluding hydrogens is 442 g/mol. The summed E-state index contributed by atoms with van der Waals surface area (Å²) in [4.78, 5) is 40.3. The molecule has 8 heteroatoms. The van der Waals surface area contributed by atoms with Gasteiger partial charge < -0.3 is 20.3 Å². The summed E-state index contributed by atoms with van der Waals surface area (Å²) >= 11 is 5.92. The fourth-order valence-electron chi connectivity index (χ4n) is 4.28. The van der Waals surface area contributed by atoms with E-state index in [9.17, 15) is 14.4 Å². The van der Waals surface area contributed by atoms with Crippen LogP contribution >= 0.6 is 11.6 Å². The minimum Gasteiger partial charge on any atom is -0.376 e. The first-order valence-electron chi connectivity index (χ1n) is 11.4. The molecule has 0 spiro atoms. The second-order valence-electron chi connectivity index (χ2n) is 8.48. The lowest BCUT2D eigenvalue weighted by atomic mass is 9.96. The van der Waals surface area contributed by atoms with E-state index < -0.39 is 0 Å². The number of carbonyl (C=O) groups excluding carboxylic acids is 3. The Bertz CT molecular complexity index is 1000. The van der Waals surface area contributed by atoms with Gasteiger partial charge in [0.1, 0.15) is 0 Å². The highest BCUT2D eigenvalue weighted by Gasteiger charge is 2.29. The van der Waals surface area contributed by atoms with Crippen LogP contribution in [0.3, 0.4) is 0 Å². The molecule has 2 aliphatic rings. The number of carbonyl (C=O) groups is 3. The lowest BCUT2D eigenvalue weighted by Crippen LogP contribution is -2.44. The van der Waals surface area contributed by atoms with Crippen molar-refractivity contribution in [1.82, 2.24) is 10.2 Å². The van der Waals surface area contributed by atoms with Gasteiger partial charge >= 0.3 is 0 Å². The Balaban J connectivity index is 1.38. The predicted molar refractivity (Wildman–Crippen MR) is 126 cm³/mol. The number of ether oxygens (including phenoxy) is 1. The first-order chi connectivity index (χ1) is 16.0. The predicted octanol–water partition coefficient (Wildman–Crippen LogP) is 3.74. The summed E-state index contributed by atoms with van der Waals surface area (Å²) in [6.07, 6.45) is 3.41. The molecule has 2 aromatic carbocycles. The van der Waals surface area contributed by atoms with Gasteiger partial charge in [0, 0.05) is 36.8 Å². The molecule has 4 rings (SSSR count). The number of anilines is 1. The molecule has 174 valence electrons. The summed E-state index contributed by atoms with van der Waals surface area (Å²) in [5.41, 5.74) is 1.43. The van der Waals surface area contributed by atoms with Gasteiger partial charge in [0.15, 0.2) is 0 Å². The van der Waals surface area contributed by atoms with Crippen molar-refractivity contribution in [3.8, 4) is 0 Å². The molecule has 0 bridgehead atoms. The number of benzene rings is 2. The van der Waals surface area contributed by atoms with E-state index in [0.29, 0.717) is 47.9 Å². The molecule has 2 unspecified atom stereocenters. The van der Waals surface area contributed by atoms with Gasteiger partial charge in [-0.15, -0.1) is 0 Å². The molecule has 2 saturated heterocycles. The molecule has 2 atom stereocenters. The fraction of sp³-hybridized carbons (Fsp3) is 0.400. The monoisotopic (exact) mass is 469 g/mol. The first kappa shape index (κ1) is 23.3. The van der Waals surface area contributed by atoms with Gasteiger partial charge in [0.25, 0.3) is 11.8 Å². The van der Waals surface area contributed by atoms with Crippen LogP contribution in [0.5, 0.6) is 0 Å². The topological polar surface area (TPSA) is 87.7 Å². The number of nitrogens with zero attached hydrogens (tertiary/aromatic N) is 1. The fourth-order valence-corrected chi connectivity index (χ4v) is 4.41. The second-order valence-corrected chi connectivity index (χ2v) is 8.91. The standard InChI is InChI=1S/C25H28ClN3O4/c26-19-11-9-17(10-12-19)25(32)29-13-3-5-18(16-29)23(30)28-22-8-2-1-7-21(22)24(31)27-15-20-6-4-14-33-20/h1-2,7-12,18,20H,3-6,13-16H2,(H,27,31)(H,28,30). The van der Waals surface area contributed by atoms with Gasteiger partial charge in [-0.1, -0.05) is 23.7 Å². The van der Waals surface area contributed by atoms with Crippen molar-refractivity contribution in [2.45, 2.75) is 31.8 Å². The van der Waals surface area contributed by atoms with Crippen LogP contribution < -0.4 is 10.6 Å². The van der Waals surface area contributed by atoms with Crippen LogP contribution in [0.2, 0.25) is 5.02 Å². The van der Waals surface area contributed by atoms with Crippen LogP contribution in [-0.2, 0) is 9.53 Å². The highest BCUT2D eigenvalue weighted by molar-refractivity contribution is 6.30. The van der Waals surface area contributed by atoms with E-state index in [0.717, 1.165) is 25.9 Å². The Hall–Kier alpha value is -2.90. The number of nitrogens with one attached hydrogen (secondary N) is 2. The number of halogens is 1. The first-order valence-corrected chi connectivity index (χ1v) is 11.7. The number of para-hydroxylation sites is 1. The molecule has 0 saturated carbocycles. The molecule has 0 radical (unpaired) electrons. The third-order valence-electron chi connectivity index (χ3n) is 6.11. The number of hydrogen-bond donors (Lipinski definition) is 2. The number of piperidine rings is 1. The van der Waals surface area contributed by atoms with Crippen molar-refractivity contribution in [2.24, 2.45) is 5.92 Å². The Morgan fingerprint density at radius 1 is 1.03 bits per heavy atom. The Morgan fingerprint density at radius 3 is 2.58 bits per heavy atom. The minimum atomic E-state index is -0.349. The van der Waals surface area contributed by atoms with Gasteiger partial charge in [0.05, 0.1) is 23.3 Å². The van der Waals surface area contributed by atoms with Crippen molar-refractivity contribution >= 4 is 35.0 Å². The Labute approximate surface area is 198 Å². The van der Waals surface area contributed by atoms with Crippen LogP contribution in [0.15, 0.2) is 48.5 Å². The molecule has 3 amide bonds. The zero-order chi connectivity index (χ0) is 23.2. The van der Waals surface area contributed by atoms with E-state index in [-0.39, 0.29) is 29.7 Å². The van der Waals surface area contributed by atoms with Gasteiger partial charge in [-0.05, 0) is 62.1 Å².